The highest BCUT2D eigenvalue weighted by Crippen LogP contribution is 2.41. The van der Waals surface area contributed by atoms with E-state index >= 15 is 0 Å². The number of carbonyl (C=O) groups is 2. The molecule has 1 aromatic heterocycles. The topological polar surface area (TPSA) is 85.7 Å². The second kappa shape index (κ2) is 9.63. The number of halogens is 1. The van der Waals surface area contributed by atoms with Gasteiger partial charge in [0, 0.05) is 24.6 Å². The van der Waals surface area contributed by atoms with Crippen molar-refractivity contribution in [3.63, 3.8) is 0 Å². The van der Waals surface area contributed by atoms with Crippen LogP contribution in [-0.4, -0.2) is 35.6 Å². The molecule has 0 saturated heterocycles. The van der Waals surface area contributed by atoms with Gasteiger partial charge in [-0.2, -0.15) is 0 Å². The predicted octanol–water partition coefficient (Wildman–Crippen LogP) is 4.60. The Bertz CT molecular complexity index is 1210. The Morgan fingerprint density at radius 3 is 2.47 bits per heavy atom. The minimum absolute atomic E-state index is 0.154. The molecule has 7 heteroatoms. The maximum absolute atomic E-state index is 14.0. The zero-order chi connectivity index (χ0) is 24.3. The Hall–Kier alpha value is -3.74. The van der Waals surface area contributed by atoms with Crippen molar-refractivity contribution in [2.24, 2.45) is 5.41 Å². The van der Waals surface area contributed by atoms with E-state index in [1.54, 1.807) is 12.1 Å². The number of nitrogens with zero attached hydrogens (tertiary/aromatic N) is 1. The van der Waals surface area contributed by atoms with Crippen molar-refractivity contribution >= 4 is 11.8 Å². The van der Waals surface area contributed by atoms with E-state index in [1.807, 2.05) is 31.2 Å². The van der Waals surface area contributed by atoms with E-state index in [9.17, 15) is 19.1 Å². The second-order valence-corrected chi connectivity index (χ2v) is 8.73. The second-order valence-electron chi connectivity index (χ2n) is 8.73. The maximum Gasteiger partial charge on any atom is 0.310 e. The molecule has 6 nitrogen and oxygen atoms in total. The first-order chi connectivity index (χ1) is 16.3. The lowest BCUT2D eigenvalue weighted by Gasteiger charge is -2.23. The number of benzene rings is 2. The summed E-state index contributed by atoms with van der Waals surface area (Å²) in [5, 5.41) is 9.99. The van der Waals surface area contributed by atoms with Crippen LogP contribution in [0.15, 0.2) is 54.7 Å². The van der Waals surface area contributed by atoms with Crippen LogP contribution in [0.3, 0.4) is 0 Å². The fourth-order valence-electron chi connectivity index (χ4n) is 4.46. The first-order valence-corrected chi connectivity index (χ1v) is 11.1. The molecule has 34 heavy (non-hydrogen) atoms. The van der Waals surface area contributed by atoms with Crippen LogP contribution in [0, 0.1) is 18.2 Å². The van der Waals surface area contributed by atoms with Gasteiger partial charge in [0.25, 0.3) is 5.88 Å². The highest BCUT2D eigenvalue weighted by atomic mass is 19.1. The summed E-state index contributed by atoms with van der Waals surface area (Å²) in [5.41, 5.74) is 2.45. The van der Waals surface area contributed by atoms with Gasteiger partial charge < -0.3 is 14.6 Å². The number of ketones is 1. The molecule has 0 fully saturated rings. The average Bonchev–Trinajstić information content (AvgIpc) is 3.20. The van der Waals surface area contributed by atoms with Gasteiger partial charge in [-0.1, -0.05) is 42.0 Å². The van der Waals surface area contributed by atoms with E-state index in [0.717, 1.165) is 16.7 Å². The fraction of sp³-hybridized carbons (Fsp3) is 0.296. The third kappa shape index (κ3) is 4.78. The zero-order valence-electron chi connectivity index (χ0n) is 19.1. The number of aryl methyl sites for hydroxylation is 1. The minimum atomic E-state index is -1.19. The summed E-state index contributed by atoms with van der Waals surface area (Å²) in [7, 11) is 1.44. The van der Waals surface area contributed by atoms with Crippen LogP contribution in [-0.2, 0) is 24.1 Å². The molecule has 0 radical (unpaired) electrons. The van der Waals surface area contributed by atoms with Crippen molar-refractivity contribution in [3.8, 4) is 11.6 Å². The molecule has 0 unspecified atom stereocenters. The number of carbonyl (C=O) groups excluding carboxylic acids is 1. The van der Waals surface area contributed by atoms with Crippen molar-refractivity contribution in [2.75, 3.05) is 13.7 Å². The SMILES string of the molecule is COc1ncc(C(=O)CC2(C(=O)O)Cc3ccccc3C2)cc1OCCc1cc(C)ccc1F. The van der Waals surface area contributed by atoms with E-state index < -0.39 is 11.4 Å². The number of rotatable bonds is 9. The predicted molar refractivity (Wildman–Crippen MR) is 124 cm³/mol. The van der Waals surface area contributed by atoms with Crippen molar-refractivity contribution < 1.29 is 28.6 Å². The highest BCUT2D eigenvalue weighted by Gasteiger charge is 2.45. The molecule has 176 valence electrons. The van der Waals surface area contributed by atoms with Gasteiger partial charge in [-0.3, -0.25) is 9.59 Å². The van der Waals surface area contributed by atoms with E-state index in [-0.39, 0.29) is 41.8 Å². The Balaban J connectivity index is 1.50. The summed E-state index contributed by atoms with van der Waals surface area (Å²) in [6, 6.07) is 14.0. The number of pyridine rings is 1. The number of Topliss-reactive ketones (excluding diaryl/α,β-unsaturated/α-hetero) is 1. The van der Waals surface area contributed by atoms with Crippen molar-refractivity contribution in [2.45, 2.75) is 32.6 Å². The molecule has 1 heterocycles. The fourth-order valence-corrected chi connectivity index (χ4v) is 4.46. The number of ether oxygens (including phenoxy) is 2. The molecule has 0 spiro atoms. The summed E-state index contributed by atoms with van der Waals surface area (Å²) < 4.78 is 25.1. The van der Waals surface area contributed by atoms with Crippen LogP contribution < -0.4 is 9.47 Å². The van der Waals surface area contributed by atoms with Gasteiger partial charge in [-0.05, 0) is 48.6 Å². The summed E-state index contributed by atoms with van der Waals surface area (Å²) in [6.45, 7) is 2.04. The van der Waals surface area contributed by atoms with Gasteiger partial charge >= 0.3 is 5.97 Å². The molecular weight excluding hydrogens is 437 g/mol. The average molecular weight is 464 g/mol. The normalized spacial score (nSPS) is 13.9. The van der Waals surface area contributed by atoms with Crippen LogP contribution >= 0.6 is 0 Å². The Morgan fingerprint density at radius 1 is 1.12 bits per heavy atom. The molecule has 0 saturated carbocycles. The largest absolute Gasteiger partial charge is 0.488 e. The third-order valence-electron chi connectivity index (χ3n) is 6.29. The molecule has 1 aliphatic rings. The van der Waals surface area contributed by atoms with E-state index in [0.29, 0.717) is 24.8 Å². The minimum Gasteiger partial charge on any atom is -0.488 e. The van der Waals surface area contributed by atoms with Gasteiger partial charge in [0.05, 0.1) is 19.1 Å². The van der Waals surface area contributed by atoms with E-state index in [2.05, 4.69) is 4.98 Å². The molecule has 4 rings (SSSR count). The number of hydrogen-bond donors (Lipinski definition) is 1. The number of hydrogen-bond acceptors (Lipinski definition) is 5. The highest BCUT2D eigenvalue weighted by molar-refractivity contribution is 5.99. The Morgan fingerprint density at radius 2 is 1.82 bits per heavy atom. The summed E-state index contributed by atoms with van der Waals surface area (Å²) in [4.78, 5) is 29.5. The Labute approximate surface area is 197 Å². The van der Waals surface area contributed by atoms with Gasteiger partial charge in [0.2, 0.25) is 0 Å². The smallest absolute Gasteiger partial charge is 0.310 e. The first-order valence-electron chi connectivity index (χ1n) is 11.1. The lowest BCUT2D eigenvalue weighted by atomic mass is 9.79. The van der Waals surface area contributed by atoms with E-state index in [4.69, 9.17) is 9.47 Å². The molecular formula is C27H26FNO5. The molecule has 1 N–H and O–H groups in total. The number of carboxylic acids is 1. The molecule has 2 aromatic carbocycles. The molecule has 0 atom stereocenters. The summed E-state index contributed by atoms with van der Waals surface area (Å²) in [6.07, 6.45) is 2.15. The van der Waals surface area contributed by atoms with Crippen LogP contribution in [0.1, 0.15) is 39.0 Å². The molecule has 0 aliphatic heterocycles. The van der Waals surface area contributed by atoms with Gasteiger partial charge in [0.1, 0.15) is 5.82 Å². The first kappa shape index (κ1) is 23.4. The van der Waals surface area contributed by atoms with Crippen molar-refractivity contribution in [3.05, 3.63) is 88.4 Å². The lowest BCUT2D eigenvalue weighted by Crippen LogP contribution is -2.34. The van der Waals surface area contributed by atoms with Gasteiger partial charge in [-0.25, -0.2) is 9.37 Å². The maximum atomic E-state index is 14.0. The molecule has 3 aromatic rings. The van der Waals surface area contributed by atoms with Crippen LogP contribution in [0.4, 0.5) is 4.39 Å². The van der Waals surface area contributed by atoms with Crippen LogP contribution in [0.5, 0.6) is 11.6 Å². The van der Waals surface area contributed by atoms with Gasteiger partial charge in [-0.15, -0.1) is 0 Å². The number of aliphatic carboxylic acids is 1. The number of carboxylic acid groups (broad SMARTS) is 1. The summed E-state index contributed by atoms with van der Waals surface area (Å²) in [5.74, 6) is -1.18. The quantitative estimate of drug-likeness (QED) is 0.467. The van der Waals surface area contributed by atoms with Crippen LogP contribution in [0.25, 0.3) is 0 Å². The molecule has 1 aliphatic carbocycles. The lowest BCUT2D eigenvalue weighted by molar-refractivity contribution is -0.148. The van der Waals surface area contributed by atoms with E-state index in [1.165, 1.54) is 25.4 Å². The monoisotopic (exact) mass is 463 g/mol. The number of methoxy groups -OCH3 is 1. The van der Waals surface area contributed by atoms with Crippen molar-refractivity contribution in [1.82, 2.24) is 4.98 Å². The standard InChI is InChI=1S/C27H26FNO5/c1-17-7-8-22(28)18(11-17)9-10-34-24-12-21(16-29-25(24)33-2)23(30)15-27(26(31)32)13-19-5-3-4-6-20(19)14-27/h3-8,11-12,16H,9-10,13-15H2,1-2H3,(H,31,32). The molecule has 0 bridgehead atoms. The Kier molecular flexibility index (Phi) is 6.63. The summed E-state index contributed by atoms with van der Waals surface area (Å²) >= 11 is 0. The number of fused-ring (bicyclic) bond motifs is 1. The van der Waals surface area contributed by atoms with Crippen LogP contribution in [0.2, 0.25) is 0 Å². The van der Waals surface area contributed by atoms with Crippen molar-refractivity contribution in [1.29, 1.82) is 0 Å². The van der Waals surface area contributed by atoms with Gasteiger partial charge in [0.15, 0.2) is 11.5 Å². The molecule has 0 amide bonds. The number of aromatic nitrogens is 1. The third-order valence-corrected chi connectivity index (χ3v) is 6.29. The zero-order valence-corrected chi connectivity index (χ0v) is 19.1.